The van der Waals surface area contributed by atoms with E-state index in [1.54, 1.807) is 0 Å². The van der Waals surface area contributed by atoms with E-state index in [4.69, 9.17) is 0 Å². The van der Waals surface area contributed by atoms with Gasteiger partial charge in [0.1, 0.15) is 0 Å². The van der Waals surface area contributed by atoms with Crippen molar-refractivity contribution in [3.8, 4) is 0 Å². The Morgan fingerprint density at radius 3 is 1.39 bits per heavy atom. The molecule has 0 aliphatic rings. The SMILES string of the molecule is C=C([CH2-])[C-](c1ccccc1)c1ccccc1.[Li+].[Li+]. The van der Waals surface area contributed by atoms with Gasteiger partial charge in [0, 0.05) is 0 Å². The fourth-order valence-corrected chi connectivity index (χ4v) is 1.78. The quantitative estimate of drug-likeness (QED) is 0.417. The van der Waals surface area contributed by atoms with Crippen LogP contribution in [0.2, 0.25) is 0 Å². The summed E-state index contributed by atoms with van der Waals surface area (Å²) in [6, 6.07) is 20.5. The van der Waals surface area contributed by atoms with Crippen molar-refractivity contribution in [1.29, 1.82) is 0 Å². The minimum atomic E-state index is 0. The molecule has 0 heterocycles. The standard InChI is InChI=1S/C16H14.2Li/c1-13(2)16(14-9-5-3-6-10-14)15-11-7-4-8-12-15;;/h3-12H,1-2H2;;/q-2;2*+1. The Bertz CT molecular complexity index is 423. The Kier molecular flexibility index (Phi) is 7.85. The molecule has 0 amide bonds. The third-order valence-electron chi connectivity index (χ3n) is 2.48. The summed E-state index contributed by atoms with van der Waals surface area (Å²) in [6.07, 6.45) is 0. The summed E-state index contributed by atoms with van der Waals surface area (Å²) in [5.41, 5.74) is 3.17. The van der Waals surface area contributed by atoms with Crippen molar-refractivity contribution in [2.24, 2.45) is 0 Å². The van der Waals surface area contributed by atoms with Crippen LogP contribution in [-0.4, -0.2) is 0 Å². The van der Waals surface area contributed by atoms with Crippen molar-refractivity contribution >= 4 is 0 Å². The molecule has 2 heteroatoms. The Hall–Kier alpha value is -0.885. The Morgan fingerprint density at radius 2 is 1.11 bits per heavy atom. The fraction of sp³-hybridized carbons (Fsp3) is 0. The number of allylic oxidation sites excluding steroid dienone is 1. The predicted molar refractivity (Wildman–Crippen MR) is 68.8 cm³/mol. The molecule has 0 N–H and O–H groups in total. The minimum absolute atomic E-state index is 0. The van der Waals surface area contributed by atoms with Crippen LogP contribution in [0.3, 0.4) is 0 Å². The molecule has 2 aromatic carbocycles. The molecule has 0 saturated carbocycles. The van der Waals surface area contributed by atoms with E-state index < -0.39 is 0 Å². The molecule has 0 fully saturated rings. The second-order valence-electron chi connectivity index (χ2n) is 3.71. The maximum atomic E-state index is 3.96. The van der Waals surface area contributed by atoms with Crippen LogP contribution in [0.15, 0.2) is 72.8 Å². The zero-order valence-corrected chi connectivity index (χ0v) is 11.2. The Balaban J connectivity index is 0.00000144. The van der Waals surface area contributed by atoms with Crippen LogP contribution < -0.4 is 37.7 Å². The van der Waals surface area contributed by atoms with Gasteiger partial charge in [-0.15, -0.1) is 11.1 Å². The maximum Gasteiger partial charge on any atom is 1.00 e. The first-order valence-corrected chi connectivity index (χ1v) is 5.28. The van der Waals surface area contributed by atoms with Crippen molar-refractivity contribution in [3.63, 3.8) is 0 Å². The average Bonchev–Trinajstić information content (AvgIpc) is 2.31. The molecule has 0 nitrogen and oxygen atoms in total. The Labute approximate surface area is 134 Å². The Morgan fingerprint density at radius 1 is 0.778 bits per heavy atom. The van der Waals surface area contributed by atoms with Crippen LogP contribution in [0.4, 0.5) is 0 Å². The van der Waals surface area contributed by atoms with Crippen molar-refractivity contribution in [2.45, 2.75) is 0 Å². The van der Waals surface area contributed by atoms with Gasteiger partial charge in [0.15, 0.2) is 0 Å². The molecule has 0 aliphatic heterocycles. The van der Waals surface area contributed by atoms with Gasteiger partial charge in [0.2, 0.25) is 0 Å². The van der Waals surface area contributed by atoms with E-state index in [0.29, 0.717) is 0 Å². The molecule has 0 radical (unpaired) electrons. The summed E-state index contributed by atoms with van der Waals surface area (Å²) in [5.74, 6) is 1.11. The summed E-state index contributed by atoms with van der Waals surface area (Å²) in [7, 11) is 0. The molecule has 2 aromatic rings. The topological polar surface area (TPSA) is 0 Å². The van der Waals surface area contributed by atoms with Gasteiger partial charge in [-0.3, -0.25) is 0 Å². The molecular formula is C16H14Li2. The van der Waals surface area contributed by atoms with Gasteiger partial charge in [0.25, 0.3) is 0 Å². The number of hydrogen-bond donors (Lipinski definition) is 0. The summed E-state index contributed by atoms with van der Waals surface area (Å²) < 4.78 is 0. The molecule has 0 spiro atoms. The van der Waals surface area contributed by atoms with Gasteiger partial charge in [-0.2, -0.15) is 0 Å². The second-order valence-corrected chi connectivity index (χ2v) is 3.71. The molecule has 0 atom stereocenters. The first-order chi connectivity index (χ1) is 7.79. The largest absolute Gasteiger partial charge is 1.00 e. The number of benzene rings is 2. The second kappa shape index (κ2) is 8.26. The first-order valence-electron chi connectivity index (χ1n) is 5.28. The van der Waals surface area contributed by atoms with Crippen LogP contribution in [0.5, 0.6) is 0 Å². The van der Waals surface area contributed by atoms with Crippen LogP contribution in [0, 0.1) is 12.8 Å². The number of hydrogen-bond acceptors (Lipinski definition) is 0. The molecule has 80 valence electrons. The van der Waals surface area contributed by atoms with Gasteiger partial charge in [0.05, 0.1) is 0 Å². The molecular weight excluding hydrogens is 206 g/mol. The van der Waals surface area contributed by atoms with E-state index in [1.807, 2.05) is 36.4 Å². The number of rotatable bonds is 3. The van der Waals surface area contributed by atoms with Crippen LogP contribution in [0.25, 0.3) is 0 Å². The van der Waals surface area contributed by atoms with Crippen LogP contribution in [0.1, 0.15) is 11.1 Å². The van der Waals surface area contributed by atoms with Crippen molar-refractivity contribution in [1.82, 2.24) is 0 Å². The van der Waals surface area contributed by atoms with Gasteiger partial charge in [-0.1, -0.05) is 60.7 Å². The molecule has 0 bridgehead atoms. The van der Waals surface area contributed by atoms with E-state index in [2.05, 4.69) is 37.8 Å². The van der Waals surface area contributed by atoms with Gasteiger partial charge >= 0.3 is 37.7 Å². The van der Waals surface area contributed by atoms with Crippen molar-refractivity contribution in [2.75, 3.05) is 0 Å². The van der Waals surface area contributed by atoms with E-state index in [1.165, 1.54) is 0 Å². The third-order valence-corrected chi connectivity index (χ3v) is 2.48. The van der Waals surface area contributed by atoms with E-state index >= 15 is 0 Å². The molecule has 0 saturated heterocycles. The van der Waals surface area contributed by atoms with Crippen molar-refractivity contribution < 1.29 is 37.7 Å². The zero-order valence-electron chi connectivity index (χ0n) is 11.2. The summed E-state index contributed by atoms with van der Waals surface area (Å²) in [5, 5.41) is 0. The molecule has 0 aliphatic carbocycles. The average molecular weight is 220 g/mol. The van der Waals surface area contributed by atoms with Gasteiger partial charge < -0.3 is 19.1 Å². The van der Waals surface area contributed by atoms with Crippen LogP contribution >= 0.6 is 0 Å². The minimum Gasteiger partial charge on any atom is -0.357 e. The summed E-state index contributed by atoms with van der Waals surface area (Å²) in [4.78, 5) is 0. The zero-order chi connectivity index (χ0) is 11.4. The summed E-state index contributed by atoms with van der Waals surface area (Å²) >= 11 is 0. The van der Waals surface area contributed by atoms with Gasteiger partial charge in [-0.25, -0.2) is 5.92 Å². The van der Waals surface area contributed by atoms with Crippen LogP contribution in [-0.2, 0) is 0 Å². The smallest absolute Gasteiger partial charge is 0.357 e. The molecule has 2 rings (SSSR count). The fourth-order valence-electron chi connectivity index (χ4n) is 1.78. The first kappa shape index (κ1) is 17.1. The van der Waals surface area contributed by atoms with Crippen molar-refractivity contribution in [3.05, 3.63) is 96.8 Å². The maximum absolute atomic E-state index is 3.96. The normalized spacial score (nSPS) is 8.67. The van der Waals surface area contributed by atoms with E-state index in [0.717, 1.165) is 22.6 Å². The molecule has 0 aromatic heterocycles. The van der Waals surface area contributed by atoms with E-state index in [-0.39, 0.29) is 37.7 Å². The predicted octanol–water partition coefficient (Wildman–Crippen LogP) is -1.94. The summed E-state index contributed by atoms with van der Waals surface area (Å²) in [6.45, 7) is 7.92. The van der Waals surface area contributed by atoms with E-state index in [9.17, 15) is 0 Å². The monoisotopic (exact) mass is 220 g/mol. The third kappa shape index (κ3) is 4.10. The van der Waals surface area contributed by atoms with Gasteiger partial charge in [-0.05, 0) is 0 Å². The molecule has 0 unspecified atom stereocenters. The molecule has 18 heavy (non-hydrogen) atoms.